The number of hydrogen-bond donors (Lipinski definition) is 0. The third-order valence-corrected chi connectivity index (χ3v) is 4.28. The highest BCUT2D eigenvalue weighted by atomic mass is 16.5. The van der Waals surface area contributed by atoms with Gasteiger partial charge >= 0.3 is 0 Å². The van der Waals surface area contributed by atoms with Gasteiger partial charge in [0.15, 0.2) is 6.29 Å². The number of carbonyl (C=O) groups excluding carboxylic acids is 1. The van der Waals surface area contributed by atoms with Crippen LogP contribution in [-0.2, 0) is 11.2 Å². The molecule has 3 nitrogen and oxygen atoms in total. The average molecular weight is 299 g/mol. The zero-order chi connectivity index (χ0) is 16.3. The van der Waals surface area contributed by atoms with Crippen LogP contribution in [0.3, 0.4) is 0 Å². The van der Waals surface area contributed by atoms with E-state index in [1.165, 1.54) is 11.1 Å². The van der Waals surface area contributed by atoms with Crippen molar-refractivity contribution in [3.05, 3.63) is 46.2 Å². The number of benzene rings is 1. The van der Waals surface area contributed by atoms with Gasteiger partial charge in [-0.25, -0.2) is 0 Å². The molecule has 0 fully saturated rings. The summed E-state index contributed by atoms with van der Waals surface area (Å²) in [5, 5.41) is 0. The fraction of sp³-hybridized carbons (Fsp3) is 0.421. The minimum atomic E-state index is 0.708. The predicted molar refractivity (Wildman–Crippen MR) is 91.1 cm³/mol. The molecule has 0 aliphatic carbocycles. The van der Waals surface area contributed by atoms with Crippen molar-refractivity contribution in [2.75, 3.05) is 20.7 Å². The summed E-state index contributed by atoms with van der Waals surface area (Å²) in [7, 11) is 3.99. The molecular weight excluding hydrogens is 274 g/mol. The molecule has 0 bridgehead atoms. The first-order chi connectivity index (χ1) is 10.5. The maximum atomic E-state index is 11.7. The summed E-state index contributed by atoms with van der Waals surface area (Å²) in [6, 6.07) is 4.09. The van der Waals surface area contributed by atoms with Gasteiger partial charge in [0, 0.05) is 30.9 Å². The Morgan fingerprint density at radius 2 is 2.00 bits per heavy atom. The van der Waals surface area contributed by atoms with Gasteiger partial charge in [-0.2, -0.15) is 0 Å². The van der Waals surface area contributed by atoms with Crippen LogP contribution in [-0.4, -0.2) is 31.9 Å². The van der Waals surface area contributed by atoms with E-state index in [1.54, 1.807) is 0 Å². The molecule has 3 heteroatoms. The third kappa shape index (κ3) is 3.24. The molecule has 0 saturated heterocycles. The third-order valence-electron chi connectivity index (χ3n) is 4.28. The fourth-order valence-corrected chi connectivity index (χ4v) is 2.73. The summed E-state index contributed by atoms with van der Waals surface area (Å²) in [5.41, 5.74) is 6.17. The summed E-state index contributed by atoms with van der Waals surface area (Å²) >= 11 is 0. The van der Waals surface area contributed by atoms with Crippen molar-refractivity contribution in [2.24, 2.45) is 0 Å². The molecule has 0 unspecified atom stereocenters. The minimum Gasteiger partial charge on any atom is -0.493 e. The highest BCUT2D eigenvalue weighted by Crippen LogP contribution is 2.36. The molecule has 1 aliphatic rings. The molecule has 2 rings (SSSR count). The molecule has 0 aromatic heterocycles. The van der Waals surface area contributed by atoms with Crippen molar-refractivity contribution in [2.45, 2.75) is 33.6 Å². The maximum Gasteiger partial charge on any atom is 0.151 e. The van der Waals surface area contributed by atoms with Gasteiger partial charge in [0.1, 0.15) is 5.75 Å². The number of nitrogens with zero attached hydrogens (tertiary/aromatic N) is 1. The van der Waals surface area contributed by atoms with E-state index in [-0.39, 0.29) is 0 Å². The molecule has 0 amide bonds. The van der Waals surface area contributed by atoms with Gasteiger partial charge in [0.2, 0.25) is 0 Å². The zero-order valence-electron chi connectivity index (χ0n) is 14.2. The van der Waals surface area contributed by atoms with Gasteiger partial charge in [-0.05, 0) is 56.4 Å². The van der Waals surface area contributed by atoms with E-state index < -0.39 is 0 Å². The van der Waals surface area contributed by atoms with Crippen molar-refractivity contribution < 1.29 is 9.53 Å². The van der Waals surface area contributed by atoms with E-state index in [0.29, 0.717) is 5.57 Å². The van der Waals surface area contributed by atoms with Crippen molar-refractivity contribution in [1.82, 2.24) is 4.90 Å². The van der Waals surface area contributed by atoms with E-state index >= 15 is 0 Å². The predicted octanol–water partition coefficient (Wildman–Crippen LogP) is 3.76. The summed E-state index contributed by atoms with van der Waals surface area (Å²) in [4.78, 5) is 13.7. The summed E-state index contributed by atoms with van der Waals surface area (Å²) in [6.07, 6.45) is 5.04. The van der Waals surface area contributed by atoms with Crippen molar-refractivity contribution >= 4 is 11.9 Å². The van der Waals surface area contributed by atoms with Crippen LogP contribution in [0, 0.1) is 6.92 Å². The second kappa shape index (κ2) is 6.82. The number of aryl methyl sites for hydroxylation is 1. The molecule has 0 saturated carbocycles. The Kier molecular flexibility index (Phi) is 5.07. The van der Waals surface area contributed by atoms with Gasteiger partial charge in [-0.15, -0.1) is 0 Å². The second-order valence-electron chi connectivity index (χ2n) is 6.08. The Morgan fingerprint density at radius 1 is 1.27 bits per heavy atom. The molecule has 118 valence electrons. The van der Waals surface area contributed by atoms with Crippen LogP contribution in [0.1, 0.15) is 37.0 Å². The lowest BCUT2D eigenvalue weighted by atomic mass is 9.92. The van der Waals surface area contributed by atoms with Crippen molar-refractivity contribution in [1.29, 1.82) is 0 Å². The van der Waals surface area contributed by atoms with Crippen LogP contribution in [0.4, 0.5) is 0 Å². The van der Waals surface area contributed by atoms with E-state index in [4.69, 9.17) is 4.74 Å². The second-order valence-corrected chi connectivity index (χ2v) is 6.08. The average Bonchev–Trinajstić information content (AvgIpc) is 2.50. The highest BCUT2D eigenvalue weighted by molar-refractivity contribution is 6.10. The molecule has 0 radical (unpaired) electrons. The lowest BCUT2D eigenvalue weighted by Gasteiger charge is -2.23. The number of hydrogen-bond acceptors (Lipinski definition) is 3. The molecule has 0 N–H and O–H groups in total. The summed E-state index contributed by atoms with van der Waals surface area (Å²) < 4.78 is 5.90. The Balaban J connectivity index is 2.57. The van der Waals surface area contributed by atoms with Crippen LogP contribution in [0.15, 0.2) is 29.5 Å². The summed E-state index contributed by atoms with van der Waals surface area (Å²) in [6.45, 7) is 6.84. The first kappa shape index (κ1) is 16.3. The number of rotatable bonds is 4. The van der Waals surface area contributed by atoms with Crippen LogP contribution in [0.2, 0.25) is 0 Å². The summed E-state index contributed by atoms with van der Waals surface area (Å²) in [5.74, 6) is 0.892. The van der Waals surface area contributed by atoms with Gasteiger partial charge < -0.3 is 9.64 Å². The monoisotopic (exact) mass is 299 g/mol. The Labute approximate surface area is 133 Å². The molecule has 0 spiro atoms. The SMILES string of the molecule is C/C(=C/C(C)=C(\C=O)c1ccc(C)c2c1OCCC2)N(C)C. The van der Waals surface area contributed by atoms with Crippen LogP contribution < -0.4 is 4.74 Å². The van der Waals surface area contributed by atoms with Crippen LogP contribution in [0.5, 0.6) is 5.75 Å². The minimum absolute atomic E-state index is 0.708. The van der Waals surface area contributed by atoms with E-state index in [1.807, 2.05) is 45.0 Å². The Hall–Kier alpha value is -2.03. The number of ether oxygens (including phenoxy) is 1. The van der Waals surface area contributed by atoms with E-state index in [9.17, 15) is 4.79 Å². The first-order valence-corrected chi connectivity index (χ1v) is 7.73. The molecule has 1 heterocycles. The number of fused-ring (bicyclic) bond motifs is 1. The normalized spacial score (nSPS) is 15.6. The molecular formula is C19H25NO2. The van der Waals surface area contributed by atoms with E-state index in [2.05, 4.69) is 13.0 Å². The molecule has 1 aromatic carbocycles. The zero-order valence-corrected chi connectivity index (χ0v) is 14.2. The van der Waals surface area contributed by atoms with Crippen LogP contribution >= 0.6 is 0 Å². The standard InChI is InChI=1S/C19H25NO2/c1-13-8-9-17(19-16(13)7-6-10-22-19)18(12-21)14(2)11-15(3)20(4)5/h8-9,11-12H,6-7,10H2,1-5H3/b15-11-,18-14+. The lowest BCUT2D eigenvalue weighted by molar-refractivity contribution is -0.103. The lowest BCUT2D eigenvalue weighted by Crippen LogP contribution is -2.12. The van der Waals surface area contributed by atoms with Crippen molar-refractivity contribution in [3.8, 4) is 5.75 Å². The maximum absolute atomic E-state index is 11.7. The van der Waals surface area contributed by atoms with E-state index in [0.717, 1.165) is 48.3 Å². The van der Waals surface area contributed by atoms with Gasteiger partial charge in [0.05, 0.1) is 6.61 Å². The largest absolute Gasteiger partial charge is 0.493 e. The first-order valence-electron chi connectivity index (χ1n) is 7.73. The van der Waals surface area contributed by atoms with Gasteiger partial charge in [0.25, 0.3) is 0 Å². The number of carbonyl (C=O) groups is 1. The smallest absolute Gasteiger partial charge is 0.151 e. The Bertz CT molecular complexity index is 639. The van der Waals surface area contributed by atoms with Crippen LogP contribution in [0.25, 0.3) is 5.57 Å². The molecule has 1 aliphatic heterocycles. The molecule has 0 atom stereocenters. The quantitative estimate of drug-likeness (QED) is 0.482. The fourth-order valence-electron chi connectivity index (χ4n) is 2.73. The van der Waals surface area contributed by atoms with Crippen molar-refractivity contribution in [3.63, 3.8) is 0 Å². The van der Waals surface area contributed by atoms with Gasteiger partial charge in [-0.1, -0.05) is 12.1 Å². The topological polar surface area (TPSA) is 29.5 Å². The van der Waals surface area contributed by atoms with Gasteiger partial charge in [-0.3, -0.25) is 4.79 Å². The molecule has 1 aromatic rings. The number of aldehydes is 1. The molecule has 22 heavy (non-hydrogen) atoms. The Morgan fingerprint density at radius 3 is 2.64 bits per heavy atom. The number of allylic oxidation sites excluding steroid dienone is 4. The highest BCUT2D eigenvalue weighted by Gasteiger charge is 2.19.